The Kier molecular flexibility index (Phi) is 11.3. The molecule has 4 aromatic carbocycles. The highest BCUT2D eigenvalue weighted by Crippen LogP contribution is 2.21. The molecule has 0 heterocycles. The molecule has 0 aliphatic rings. The number of nitrogens with one attached hydrogen (secondary N) is 2. The molecule has 0 saturated carbocycles. The van der Waals surface area contributed by atoms with Crippen molar-refractivity contribution in [1.82, 2.24) is 10.2 Å². The van der Waals surface area contributed by atoms with Crippen LogP contribution in [0, 0.1) is 5.82 Å². The Balaban J connectivity index is 1.52. The number of ether oxygens (including phenoxy) is 1. The fourth-order valence-electron chi connectivity index (χ4n) is 4.38. The summed E-state index contributed by atoms with van der Waals surface area (Å²) < 4.78 is 46.8. The average molecular weight is 638 g/mol. The Morgan fingerprint density at radius 3 is 2.18 bits per heavy atom. The molecule has 2 amide bonds. The second-order valence-corrected chi connectivity index (χ2v) is 12.1. The van der Waals surface area contributed by atoms with Gasteiger partial charge in [0.1, 0.15) is 17.6 Å². The van der Waals surface area contributed by atoms with Gasteiger partial charge in [0.05, 0.1) is 4.90 Å². The fraction of sp³-hybridized carbons (Fsp3) is 0.212. The molecule has 0 unspecified atom stereocenters. The van der Waals surface area contributed by atoms with E-state index < -0.39 is 27.8 Å². The first-order chi connectivity index (χ1) is 21.1. The van der Waals surface area contributed by atoms with E-state index in [1.54, 1.807) is 24.3 Å². The van der Waals surface area contributed by atoms with Crippen LogP contribution in [0.15, 0.2) is 108 Å². The van der Waals surface area contributed by atoms with Gasteiger partial charge in [-0.25, -0.2) is 12.8 Å². The van der Waals surface area contributed by atoms with Crippen LogP contribution in [0.3, 0.4) is 0 Å². The third-order valence-electron chi connectivity index (χ3n) is 6.68. The number of hydrogen-bond donors (Lipinski definition) is 2. The molecule has 0 radical (unpaired) electrons. The summed E-state index contributed by atoms with van der Waals surface area (Å²) in [5.74, 6) is -0.923. The average Bonchev–Trinajstić information content (AvgIpc) is 3.03. The first-order valence-electron chi connectivity index (χ1n) is 14.0. The summed E-state index contributed by atoms with van der Waals surface area (Å²) in [6.45, 7) is 2.17. The molecule has 0 fully saturated rings. The van der Waals surface area contributed by atoms with Crippen molar-refractivity contribution in [2.75, 3.05) is 17.9 Å². The number of anilines is 1. The summed E-state index contributed by atoms with van der Waals surface area (Å²) in [7, 11) is -3.94. The first-order valence-corrected chi connectivity index (χ1v) is 15.9. The molecule has 230 valence electrons. The highest BCUT2D eigenvalue weighted by Gasteiger charge is 2.30. The molecule has 0 spiro atoms. The Bertz CT molecular complexity index is 1640. The number of amides is 2. The number of carbonyl (C=O) groups excluding carboxylic acids is 2. The minimum absolute atomic E-state index is 0.0413. The van der Waals surface area contributed by atoms with Crippen molar-refractivity contribution < 1.29 is 27.1 Å². The van der Waals surface area contributed by atoms with Gasteiger partial charge in [0, 0.05) is 30.2 Å². The van der Waals surface area contributed by atoms with Crippen LogP contribution in [0.5, 0.6) is 5.75 Å². The van der Waals surface area contributed by atoms with Crippen molar-refractivity contribution in [3.05, 3.63) is 125 Å². The van der Waals surface area contributed by atoms with Crippen LogP contribution in [-0.2, 0) is 32.6 Å². The van der Waals surface area contributed by atoms with E-state index in [4.69, 9.17) is 16.3 Å². The third-order valence-corrected chi connectivity index (χ3v) is 8.33. The van der Waals surface area contributed by atoms with Gasteiger partial charge in [0.15, 0.2) is 6.61 Å². The predicted molar refractivity (Wildman–Crippen MR) is 168 cm³/mol. The zero-order valence-corrected chi connectivity index (χ0v) is 25.7. The maximum Gasteiger partial charge on any atom is 0.261 e. The molecule has 4 aromatic rings. The van der Waals surface area contributed by atoms with E-state index in [0.29, 0.717) is 18.0 Å². The standard InChI is InChI=1S/C33H33ClFN3O5S/c1-2-20-36-33(40)31(21-24-6-4-3-5-7-24)38(22-25-8-10-26(34)11-9-25)32(39)23-43-29-16-18-30(19-17-29)44(41,42)37-28-14-12-27(35)13-15-28/h3-19,31,37H,2,20-23H2,1H3,(H,36,40)/t31-/m0/s1. The Morgan fingerprint density at radius 2 is 1.55 bits per heavy atom. The van der Waals surface area contributed by atoms with Crippen molar-refractivity contribution in [1.29, 1.82) is 0 Å². The fourth-order valence-corrected chi connectivity index (χ4v) is 5.57. The van der Waals surface area contributed by atoms with Gasteiger partial charge in [-0.05, 0) is 78.2 Å². The van der Waals surface area contributed by atoms with Gasteiger partial charge in [0.2, 0.25) is 5.91 Å². The minimum atomic E-state index is -3.94. The number of sulfonamides is 1. The summed E-state index contributed by atoms with van der Waals surface area (Å²) in [6, 6.07) is 26.2. The van der Waals surface area contributed by atoms with Crippen molar-refractivity contribution in [2.24, 2.45) is 0 Å². The van der Waals surface area contributed by atoms with Crippen molar-refractivity contribution >= 4 is 39.1 Å². The summed E-state index contributed by atoms with van der Waals surface area (Å²) in [5.41, 5.74) is 1.89. The summed E-state index contributed by atoms with van der Waals surface area (Å²) >= 11 is 6.07. The summed E-state index contributed by atoms with van der Waals surface area (Å²) in [4.78, 5) is 28.6. The lowest BCUT2D eigenvalue weighted by molar-refractivity contribution is -0.142. The molecule has 0 bridgehead atoms. The molecule has 0 aromatic heterocycles. The second kappa shape index (κ2) is 15.4. The molecule has 8 nitrogen and oxygen atoms in total. The number of carbonyl (C=O) groups is 2. The normalized spacial score (nSPS) is 11.8. The van der Waals surface area contributed by atoms with Gasteiger partial charge >= 0.3 is 0 Å². The van der Waals surface area contributed by atoms with Crippen LogP contribution in [0.4, 0.5) is 10.1 Å². The van der Waals surface area contributed by atoms with Crippen LogP contribution < -0.4 is 14.8 Å². The Labute approximate surface area is 261 Å². The van der Waals surface area contributed by atoms with E-state index in [9.17, 15) is 22.4 Å². The topological polar surface area (TPSA) is 105 Å². The van der Waals surface area contributed by atoms with Crippen LogP contribution in [0.25, 0.3) is 0 Å². The van der Waals surface area contributed by atoms with Gasteiger partial charge in [-0.2, -0.15) is 0 Å². The lowest BCUT2D eigenvalue weighted by Crippen LogP contribution is -2.51. The van der Waals surface area contributed by atoms with Gasteiger partial charge in [-0.15, -0.1) is 0 Å². The Morgan fingerprint density at radius 1 is 0.886 bits per heavy atom. The lowest BCUT2D eigenvalue weighted by Gasteiger charge is -2.31. The predicted octanol–water partition coefficient (Wildman–Crippen LogP) is 5.83. The second-order valence-electron chi connectivity index (χ2n) is 10.0. The van der Waals surface area contributed by atoms with Crippen LogP contribution in [0.2, 0.25) is 5.02 Å². The van der Waals surface area contributed by atoms with Gasteiger partial charge in [0.25, 0.3) is 15.9 Å². The zero-order chi connectivity index (χ0) is 31.5. The smallest absolute Gasteiger partial charge is 0.261 e. The number of benzene rings is 4. The van der Waals surface area contributed by atoms with E-state index >= 15 is 0 Å². The van der Waals surface area contributed by atoms with E-state index in [0.717, 1.165) is 29.7 Å². The van der Waals surface area contributed by atoms with Crippen molar-refractivity contribution in [2.45, 2.75) is 37.2 Å². The van der Waals surface area contributed by atoms with Crippen molar-refractivity contribution in [3.63, 3.8) is 0 Å². The van der Waals surface area contributed by atoms with Gasteiger partial charge < -0.3 is 15.0 Å². The Hall–Kier alpha value is -4.41. The largest absolute Gasteiger partial charge is 0.484 e. The number of rotatable bonds is 14. The lowest BCUT2D eigenvalue weighted by atomic mass is 10.0. The number of halogens is 2. The molecule has 4 rings (SSSR count). The molecule has 0 saturated heterocycles. The molecule has 2 N–H and O–H groups in total. The molecule has 11 heteroatoms. The summed E-state index contributed by atoms with van der Waals surface area (Å²) in [6.07, 6.45) is 1.03. The van der Waals surface area contributed by atoms with Crippen molar-refractivity contribution in [3.8, 4) is 5.75 Å². The highest BCUT2D eigenvalue weighted by atomic mass is 35.5. The van der Waals surface area contributed by atoms with Gasteiger partial charge in [-0.1, -0.05) is 61.0 Å². The van der Waals surface area contributed by atoms with Gasteiger partial charge in [-0.3, -0.25) is 14.3 Å². The van der Waals surface area contributed by atoms with E-state index in [2.05, 4.69) is 10.0 Å². The van der Waals surface area contributed by atoms with E-state index in [-0.39, 0.29) is 35.4 Å². The van der Waals surface area contributed by atoms with Crippen LogP contribution >= 0.6 is 11.6 Å². The highest BCUT2D eigenvalue weighted by molar-refractivity contribution is 7.92. The molecular weight excluding hydrogens is 605 g/mol. The maximum absolute atomic E-state index is 13.7. The molecular formula is C33H33ClFN3O5S. The molecule has 1 atom stereocenters. The zero-order valence-electron chi connectivity index (χ0n) is 24.1. The molecule has 0 aliphatic carbocycles. The quantitative estimate of drug-likeness (QED) is 0.181. The van der Waals surface area contributed by atoms with Crippen LogP contribution in [-0.4, -0.2) is 44.3 Å². The first kappa shape index (κ1) is 32.5. The molecule has 0 aliphatic heterocycles. The van der Waals surface area contributed by atoms with E-state index in [1.807, 2.05) is 37.3 Å². The number of nitrogens with zero attached hydrogens (tertiary/aromatic N) is 1. The maximum atomic E-state index is 13.7. The van der Waals surface area contributed by atoms with E-state index in [1.165, 1.54) is 41.3 Å². The SMILES string of the molecule is CCCNC(=O)[C@H](Cc1ccccc1)N(Cc1ccc(Cl)cc1)C(=O)COc1ccc(S(=O)(=O)Nc2ccc(F)cc2)cc1. The van der Waals surface area contributed by atoms with Crippen LogP contribution in [0.1, 0.15) is 24.5 Å². The minimum Gasteiger partial charge on any atom is -0.484 e. The monoisotopic (exact) mass is 637 g/mol. The molecule has 44 heavy (non-hydrogen) atoms. The summed E-state index contributed by atoms with van der Waals surface area (Å²) in [5, 5.41) is 3.47. The number of hydrogen-bond acceptors (Lipinski definition) is 5. The third kappa shape index (κ3) is 9.29.